The lowest BCUT2D eigenvalue weighted by Crippen LogP contribution is -2.29. The minimum absolute atomic E-state index is 0.0633. The van der Waals surface area contributed by atoms with Crippen molar-refractivity contribution in [3.8, 4) is 17.6 Å². The predicted octanol–water partition coefficient (Wildman–Crippen LogP) is 3.31. The molecule has 0 aliphatic rings. The molecular weight excluding hydrogens is 321 g/mol. The highest BCUT2D eigenvalue weighted by Gasteiger charge is 2.10. The van der Waals surface area contributed by atoms with Crippen LogP contribution in [-0.4, -0.2) is 19.2 Å². The Morgan fingerprint density at radius 1 is 0.958 bits per heavy atom. The summed E-state index contributed by atoms with van der Waals surface area (Å²) in [5.74, 6) is 2.96. The molecule has 0 aliphatic carbocycles. The maximum atomic E-state index is 13.3. The van der Waals surface area contributed by atoms with Crippen molar-refractivity contribution in [3.05, 3.63) is 59.9 Å². The number of urea groups is 1. The molecule has 2 aromatic rings. The Labute approximate surface area is 136 Å². The molecule has 0 aliphatic heterocycles. The van der Waals surface area contributed by atoms with Crippen molar-refractivity contribution in [2.45, 2.75) is 0 Å². The summed E-state index contributed by atoms with van der Waals surface area (Å²) in [5.41, 5.74) is -0.536. The van der Waals surface area contributed by atoms with E-state index in [0.717, 1.165) is 12.1 Å². The number of hydrogen-bond donors (Lipinski definition) is 2. The number of nitrogens with one attached hydrogen (secondary N) is 2. The highest BCUT2D eigenvalue weighted by atomic mass is 19.1. The minimum atomic E-state index is -0.880. The summed E-state index contributed by atoms with van der Waals surface area (Å²) >= 11 is 0. The molecule has 2 N–H and O–H groups in total. The first-order chi connectivity index (χ1) is 11.6. The number of carbonyl (C=O) groups excluding carboxylic acids is 1. The zero-order valence-corrected chi connectivity index (χ0v) is 12.4. The van der Waals surface area contributed by atoms with Crippen LogP contribution in [0, 0.1) is 29.3 Å². The summed E-state index contributed by atoms with van der Waals surface area (Å²) in [5, 5.41) is 4.36. The Balaban J connectivity index is 1.75. The second-order valence-electron chi connectivity index (χ2n) is 4.48. The van der Waals surface area contributed by atoms with Gasteiger partial charge in [0.05, 0.1) is 6.54 Å². The van der Waals surface area contributed by atoms with Crippen LogP contribution in [0.3, 0.4) is 0 Å². The van der Waals surface area contributed by atoms with Crippen molar-refractivity contribution < 1.29 is 22.7 Å². The molecule has 0 aromatic heterocycles. The van der Waals surface area contributed by atoms with E-state index in [1.807, 2.05) is 0 Å². The summed E-state index contributed by atoms with van der Waals surface area (Å²) in [7, 11) is 0. The van der Waals surface area contributed by atoms with Crippen LogP contribution >= 0.6 is 0 Å². The van der Waals surface area contributed by atoms with E-state index in [0.29, 0.717) is 0 Å². The molecule has 2 aromatic carbocycles. The smallest absolute Gasteiger partial charge is 0.320 e. The fourth-order valence-corrected chi connectivity index (χ4v) is 1.69. The van der Waals surface area contributed by atoms with E-state index < -0.39 is 29.2 Å². The molecule has 0 atom stereocenters. The van der Waals surface area contributed by atoms with Crippen LogP contribution < -0.4 is 15.4 Å². The van der Waals surface area contributed by atoms with Gasteiger partial charge in [-0.25, -0.2) is 18.0 Å². The van der Waals surface area contributed by atoms with Gasteiger partial charge in [-0.05, 0) is 24.3 Å². The molecule has 0 spiro atoms. The number of ether oxygens (including phenoxy) is 1. The maximum absolute atomic E-state index is 13.3. The lowest BCUT2D eigenvalue weighted by atomic mass is 10.3. The molecule has 0 fully saturated rings. The fraction of sp³-hybridized carbons (Fsp3) is 0.118. The van der Waals surface area contributed by atoms with Crippen molar-refractivity contribution in [1.82, 2.24) is 5.32 Å². The Hall–Kier alpha value is -3.14. The number of para-hydroxylation sites is 2. The summed E-state index contributed by atoms with van der Waals surface area (Å²) in [4.78, 5) is 11.5. The molecule has 2 rings (SSSR count). The number of rotatable bonds is 4. The van der Waals surface area contributed by atoms with Crippen LogP contribution in [0.1, 0.15) is 0 Å². The number of benzene rings is 2. The molecule has 0 bridgehead atoms. The maximum Gasteiger partial charge on any atom is 0.320 e. The summed E-state index contributed by atoms with van der Waals surface area (Å²) in [6.07, 6.45) is 0. The van der Waals surface area contributed by atoms with Crippen LogP contribution in [0.25, 0.3) is 0 Å². The zero-order valence-electron chi connectivity index (χ0n) is 12.4. The van der Waals surface area contributed by atoms with E-state index in [1.165, 1.54) is 24.3 Å². The first-order valence-electron chi connectivity index (χ1n) is 6.90. The average molecular weight is 334 g/mol. The van der Waals surface area contributed by atoms with Gasteiger partial charge in [-0.3, -0.25) is 0 Å². The minimum Gasteiger partial charge on any atom is -0.478 e. The van der Waals surface area contributed by atoms with E-state index in [9.17, 15) is 18.0 Å². The molecule has 0 unspecified atom stereocenters. The first-order valence-corrected chi connectivity index (χ1v) is 6.90. The van der Waals surface area contributed by atoms with E-state index >= 15 is 0 Å². The van der Waals surface area contributed by atoms with Gasteiger partial charge in [0.1, 0.15) is 23.9 Å². The number of halogens is 3. The van der Waals surface area contributed by atoms with E-state index in [-0.39, 0.29) is 18.9 Å². The first kappa shape index (κ1) is 17.2. The summed E-state index contributed by atoms with van der Waals surface area (Å²) in [6, 6.07) is 8.32. The van der Waals surface area contributed by atoms with Crippen LogP contribution in [-0.2, 0) is 0 Å². The fourth-order valence-electron chi connectivity index (χ4n) is 1.69. The number of carbonyl (C=O) groups is 1. The quantitative estimate of drug-likeness (QED) is 0.843. The molecule has 7 heteroatoms. The molecule has 2 amide bonds. The Morgan fingerprint density at radius 3 is 2.33 bits per heavy atom. The van der Waals surface area contributed by atoms with Gasteiger partial charge < -0.3 is 15.4 Å². The van der Waals surface area contributed by atoms with Gasteiger partial charge in [-0.1, -0.05) is 30.0 Å². The second-order valence-corrected chi connectivity index (χ2v) is 4.48. The van der Waals surface area contributed by atoms with Crippen molar-refractivity contribution in [2.24, 2.45) is 0 Å². The third-order valence-electron chi connectivity index (χ3n) is 2.80. The number of amides is 2. The summed E-state index contributed by atoms with van der Waals surface area (Å²) < 4.78 is 45.0. The van der Waals surface area contributed by atoms with Gasteiger partial charge in [-0.15, -0.1) is 0 Å². The predicted molar refractivity (Wildman–Crippen MR) is 83.1 cm³/mol. The van der Waals surface area contributed by atoms with Gasteiger partial charge in [0.15, 0.2) is 11.6 Å². The molecule has 24 heavy (non-hydrogen) atoms. The van der Waals surface area contributed by atoms with Gasteiger partial charge in [-0.2, -0.15) is 0 Å². The highest BCUT2D eigenvalue weighted by molar-refractivity contribution is 5.89. The van der Waals surface area contributed by atoms with Gasteiger partial charge in [0, 0.05) is 0 Å². The van der Waals surface area contributed by atoms with Crippen molar-refractivity contribution in [1.29, 1.82) is 0 Å². The van der Waals surface area contributed by atoms with E-state index in [1.54, 1.807) is 6.07 Å². The van der Waals surface area contributed by atoms with Crippen molar-refractivity contribution >= 4 is 11.7 Å². The molecule has 0 saturated heterocycles. The number of hydrogen-bond acceptors (Lipinski definition) is 2. The average Bonchev–Trinajstić information content (AvgIpc) is 2.56. The summed E-state index contributed by atoms with van der Waals surface area (Å²) in [6.45, 7) is -0.130. The van der Waals surface area contributed by atoms with Gasteiger partial charge >= 0.3 is 6.03 Å². The molecule has 0 radical (unpaired) electrons. The Bertz CT molecular complexity index is 765. The van der Waals surface area contributed by atoms with E-state index in [2.05, 4.69) is 22.5 Å². The highest BCUT2D eigenvalue weighted by Crippen LogP contribution is 2.17. The van der Waals surface area contributed by atoms with Crippen LogP contribution in [0.2, 0.25) is 0 Å². The second kappa shape index (κ2) is 8.48. The van der Waals surface area contributed by atoms with Crippen LogP contribution in [0.15, 0.2) is 42.5 Å². The molecular formula is C17H13F3N2O2. The van der Waals surface area contributed by atoms with Gasteiger partial charge in [0.2, 0.25) is 0 Å². The number of anilines is 1. The Morgan fingerprint density at radius 2 is 1.62 bits per heavy atom. The molecule has 4 nitrogen and oxygen atoms in total. The molecule has 124 valence electrons. The lowest BCUT2D eigenvalue weighted by molar-refractivity contribution is 0.253. The largest absolute Gasteiger partial charge is 0.478 e. The Kier molecular flexibility index (Phi) is 6.08. The van der Waals surface area contributed by atoms with Crippen molar-refractivity contribution in [3.63, 3.8) is 0 Å². The molecule has 0 heterocycles. The van der Waals surface area contributed by atoms with Crippen molar-refractivity contribution in [2.75, 3.05) is 18.5 Å². The monoisotopic (exact) mass is 334 g/mol. The van der Waals surface area contributed by atoms with Gasteiger partial charge in [0.25, 0.3) is 0 Å². The molecule has 0 saturated carbocycles. The third kappa shape index (κ3) is 4.95. The standard InChI is InChI=1S/C17H13F3N2O2/c18-12-6-1-2-9-15(12)24-11-4-3-10-21-17(23)22-16-13(19)7-5-8-14(16)20/h1-2,5-9H,10-11H2,(H2,21,22,23). The van der Waals surface area contributed by atoms with Crippen LogP contribution in [0.5, 0.6) is 5.75 Å². The third-order valence-corrected chi connectivity index (χ3v) is 2.80. The zero-order chi connectivity index (χ0) is 17.4. The van der Waals surface area contributed by atoms with E-state index in [4.69, 9.17) is 4.74 Å². The normalized spacial score (nSPS) is 9.62. The van der Waals surface area contributed by atoms with Crippen LogP contribution in [0.4, 0.5) is 23.7 Å². The lowest BCUT2D eigenvalue weighted by Gasteiger charge is -2.07. The SMILES string of the molecule is O=C(NCC#CCOc1ccccc1F)Nc1c(F)cccc1F. The topological polar surface area (TPSA) is 50.4 Å².